The molecule has 0 unspecified atom stereocenters. The van der Waals surface area contributed by atoms with Gasteiger partial charge in [0.2, 0.25) is 0 Å². The van der Waals surface area contributed by atoms with E-state index in [2.05, 4.69) is 4.74 Å². The topological polar surface area (TPSA) is 46.5 Å². The smallest absolute Gasteiger partial charge is 0.417 e. The number of phenols is 1. The Morgan fingerprint density at radius 3 is 2.52 bits per heavy atom. The standard InChI is InChI=1S/C17H13F3O3/c1-23-16(22)14-13(21)8-12-10-5-3-2-4-9(10)6-7-11(12)15(14)17(18,19)20/h2-5,8,21H,6-7H2,1H3. The molecule has 0 aliphatic heterocycles. The molecule has 3 nitrogen and oxygen atoms in total. The van der Waals surface area contributed by atoms with Crippen LogP contribution < -0.4 is 0 Å². The Bertz CT molecular complexity index is 794. The fraction of sp³-hybridized carbons (Fsp3) is 0.235. The van der Waals surface area contributed by atoms with Crippen molar-refractivity contribution in [3.05, 3.63) is 52.6 Å². The lowest BCUT2D eigenvalue weighted by Gasteiger charge is -2.25. The van der Waals surface area contributed by atoms with Crippen LogP contribution in [0, 0.1) is 0 Å². The van der Waals surface area contributed by atoms with Crippen molar-refractivity contribution in [1.82, 2.24) is 0 Å². The van der Waals surface area contributed by atoms with E-state index in [9.17, 15) is 23.1 Å². The van der Waals surface area contributed by atoms with Crippen LogP contribution in [0.3, 0.4) is 0 Å². The number of aromatic hydroxyl groups is 1. The van der Waals surface area contributed by atoms with Gasteiger partial charge in [-0.15, -0.1) is 0 Å². The van der Waals surface area contributed by atoms with Crippen LogP contribution in [0.5, 0.6) is 5.75 Å². The first kappa shape index (κ1) is 15.4. The molecule has 0 fully saturated rings. The number of alkyl halides is 3. The molecule has 0 spiro atoms. The van der Waals surface area contributed by atoms with Gasteiger partial charge >= 0.3 is 12.1 Å². The molecular weight excluding hydrogens is 309 g/mol. The first-order valence-corrected chi connectivity index (χ1v) is 6.97. The summed E-state index contributed by atoms with van der Waals surface area (Å²) in [5.74, 6) is -1.92. The molecule has 0 atom stereocenters. The second-order valence-electron chi connectivity index (χ2n) is 5.32. The van der Waals surface area contributed by atoms with Crippen molar-refractivity contribution in [2.75, 3.05) is 7.11 Å². The molecule has 2 aromatic rings. The van der Waals surface area contributed by atoms with Crippen LogP contribution in [0.25, 0.3) is 11.1 Å². The Labute approximate surface area is 130 Å². The highest BCUT2D eigenvalue weighted by Crippen LogP contribution is 2.46. The van der Waals surface area contributed by atoms with Gasteiger partial charge in [-0.25, -0.2) is 4.79 Å². The number of phenolic OH excluding ortho intramolecular Hbond substituents is 1. The largest absolute Gasteiger partial charge is 0.507 e. The predicted octanol–water partition coefficient (Wildman–Crippen LogP) is 3.96. The molecule has 23 heavy (non-hydrogen) atoms. The third-order valence-electron chi connectivity index (χ3n) is 4.04. The zero-order chi connectivity index (χ0) is 16.8. The lowest BCUT2D eigenvalue weighted by molar-refractivity contribution is -0.138. The summed E-state index contributed by atoms with van der Waals surface area (Å²) < 4.78 is 45.1. The van der Waals surface area contributed by atoms with Crippen LogP contribution in [-0.2, 0) is 23.8 Å². The first-order chi connectivity index (χ1) is 10.8. The second kappa shape index (κ2) is 5.30. The van der Waals surface area contributed by atoms with E-state index in [1.807, 2.05) is 12.1 Å². The number of benzene rings is 2. The van der Waals surface area contributed by atoms with E-state index < -0.39 is 29.0 Å². The summed E-state index contributed by atoms with van der Waals surface area (Å²) >= 11 is 0. The highest BCUT2D eigenvalue weighted by atomic mass is 19.4. The van der Waals surface area contributed by atoms with E-state index in [-0.39, 0.29) is 12.0 Å². The van der Waals surface area contributed by atoms with Gasteiger partial charge < -0.3 is 9.84 Å². The summed E-state index contributed by atoms with van der Waals surface area (Å²) in [6.45, 7) is 0. The molecule has 1 aliphatic carbocycles. The Kier molecular flexibility index (Phi) is 3.55. The predicted molar refractivity (Wildman–Crippen MR) is 77.3 cm³/mol. The number of aryl methyl sites for hydroxylation is 1. The number of fused-ring (bicyclic) bond motifs is 3. The van der Waals surface area contributed by atoms with Crippen LogP contribution in [0.15, 0.2) is 30.3 Å². The number of rotatable bonds is 1. The maximum atomic E-state index is 13.6. The van der Waals surface area contributed by atoms with Gasteiger partial charge in [0.15, 0.2) is 0 Å². The average molecular weight is 322 g/mol. The number of esters is 1. The molecule has 2 aromatic carbocycles. The van der Waals surface area contributed by atoms with Crippen molar-refractivity contribution >= 4 is 5.97 Å². The molecule has 6 heteroatoms. The molecule has 1 aliphatic rings. The third kappa shape index (κ3) is 2.44. The maximum Gasteiger partial charge on any atom is 0.417 e. The van der Waals surface area contributed by atoms with Crippen molar-refractivity contribution in [3.63, 3.8) is 0 Å². The van der Waals surface area contributed by atoms with Gasteiger partial charge in [0.1, 0.15) is 11.3 Å². The minimum absolute atomic E-state index is 0.0226. The van der Waals surface area contributed by atoms with Gasteiger partial charge in [0.25, 0.3) is 0 Å². The fourth-order valence-corrected chi connectivity index (χ4v) is 3.09. The molecule has 0 radical (unpaired) electrons. The van der Waals surface area contributed by atoms with E-state index >= 15 is 0 Å². The molecular formula is C17H13F3O3. The number of methoxy groups -OCH3 is 1. The van der Waals surface area contributed by atoms with Gasteiger partial charge in [-0.05, 0) is 41.2 Å². The van der Waals surface area contributed by atoms with E-state index in [0.29, 0.717) is 17.5 Å². The van der Waals surface area contributed by atoms with E-state index in [1.165, 1.54) is 6.07 Å². The van der Waals surface area contributed by atoms with Crippen molar-refractivity contribution in [2.24, 2.45) is 0 Å². The fourth-order valence-electron chi connectivity index (χ4n) is 3.09. The lowest BCUT2D eigenvalue weighted by Crippen LogP contribution is -2.20. The monoisotopic (exact) mass is 322 g/mol. The van der Waals surface area contributed by atoms with Gasteiger partial charge in [0.05, 0.1) is 12.7 Å². The summed E-state index contributed by atoms with van der Waals surface area (Å²) in [5, 5.41) is 10.0. The Morgan fingerprint density at radius 2 is 1.87 bits per heavy atom. The first-order valence-electron chi connectivity index (χ1n) is 6.97. The molecule has 0 amide bonds. The Balaban J connectivity index is 2.38. The van der Waals surface area contributed by atoms with Crippen LogP contribution in [0.4, 0.5) is 13.2 Å². The summed E-state index contributed by atoms with van der Waals surface area (Å²) in [7, 11) is 0.983. The Hall–Kier alpha value is -2.50. The van der Waals surface area contributed by atoms with Gasteiger partial charge in [-0.1, -0.05) is 24.3 Å². The Morgan fingerprint density at radius 1 is 1.17 bits per heavy atom. The number of hydrogen-bond acceptors (Lipinski definition) is 3. The highest BCUT2D eigenvalue weighted by Gasteiger charge is 2.42. The van der Waals surface area contributed by atoms with Crippen LogP contribution >= 0.6 is 0 Å². The minimum atomic E-state index is -4.77. The molecule has 0 bridgehead atoms. The highest BCUT2D eigenvalue weighted by molar-refractivity contribution is 5.96. The third-order valence-corrected chi connectivity index (χ3v) is 4.04. The zero-order valence-electron chi connectivity index (χ0n) is 12.2. The van der Waals surface area contributed by atoms with Gasteiger partial charge in [0, 0.05) is 0 Å². The number of carbonyl (C=O) groups excluding carboxylic acids is 1. The van der Waals surface area contributed by atoms with E-state index in [0.717, 1.165) is 12.7 Å². The molecule has 1 N–H and O–H groups in total. The average Bonchev–Trinajstić information content (AvgIpc) is 2.51. The molecule has 3 rings (SSSR count). The van der Waals surface area contributed by atoms with E-state index in [1.54, 1.807) is 12.1 Å². The number of ether oxygens (including phenoxy) is 1. The summed E-state index contributed by atoms with van der Waals surface area (Å²) in [6, 6.07) is 8.32. The number of halogens is 3. The molecule has 0 aromatic heterocycles. The van der Waals surface area contributed by atoms with Gasteiger partial charge in [-0.2, -0.15) is 13.2 Å². The molecule has 0 heterocycles. The SMILES string of the molecule is COC(=O)c1c(O)cc2c(c1C(F)(F)F)CCc1ccccc1-2. The molecule has 120 valence electrons. The van der Waals surface area contributed by atoms with Gasteiger partial charge in [-0.3, -0.25) is 0 Å². The number of carbonyl (C=O) groups is 1. The maximum absolute atomic E-state index is 13.6. The van der Waals surface area contributed by atoms with Crippen molar-refractivity contribution in [1.29, 1.82) is 0 Å². The lowest BCUT2D eigenvalue weighted by atomic mass is 9.81. The quantitative estimate of drug-likeness (QED) is 0.808. The van der Waals surface area contributed by atoms with E-state index in [4.69, 9.17) is 0 Å². The minimum Gasteiger partial charge on any atom is -0.507 e. The van der Waals surface area contributed by atoms with Crippen LogP contribution in [0.1, 0.15) is 27.0 Å². The van der Waals surface area contributed by atoms with Crippen molar-refractivity contribution < 1.29 is 27.8 Å². The van der Waals surface area contributed by atoms with Crippen molar-refractivity contribution in [2.45, 2.75) is 19.0 Å². The van der Waals surface area contributed by atoms with Crippen LogP contribution in [-0.4, -0.2) is 18.2 Å². The van der Waals surface area contributed by atoms with Crippen LogP contribution in [0.2, 0.25) is 0 Å². The second-order valence-corrected chi connectivity index (χ2v) is 5.32. The zero-order valence-corrected chi connectivity index (χ0v) is 12.2. The number of hydrogen-bond donors (Lipinski definition) is 1. The molecule has 0 saturated carbocycles. The molecule has 0 saturated heterocycles. The summed E-state index contributed by atoms with van der Waals surface area (Å²) in [5.41, 5.74) is -0.0324. The summed E-state index contributed by atoms with van der Waals surface area (Å²) in [4.78, 5) is 11.8. The van der Waals surface area contributed by atoms with Crippen molar-refractivity contribution in [3.8, 4) is 16.9 Å². The normalized spacial score (nSPS) is 13.2. The summed E-state index contributed by atoms with van der Waals surface area (Å²) in [6.07, 6.45) is -4.18.